The molecule has 6 nitrogen and oxygen atoms in total. The van der Waals surface area contributed by atoms with Gasteiger partial charge < -0.3 is 20.1 Å². The fraction of sp³-hybridized carbons (Fsp3) is 0.182. The van der Waals surface area contributed by atoms with Crippen molar-refractivity contribution in [1.29, 1.82) is 0 Å². The third-order valence-electron chi connectivity index (χ3n) is 4.44. The number of nitrogens with one attached hydrogen (secondary N) is 2. The van der Waals surface area contributed by atoms with E-state index in [-0.39, 0.29) is 30.5 Å². The van der Waals surface area contributed by atoms with Crippen molar-refractivity contribution in [2.24, 2.45) is 0 Å². The summed E-state index contributed by atoms with van der Waals surface area (Å²) < 4.78 is 25.0. The highest BCUT2D eigenvalue weighted by atomic mass is 79.9. The molecule has 1 heterocycles. The van der Waals surface area contributed by atoms with Gasteiger partial charge in [-0.1, -0.05) is 18.2 Å². The number of anilines is 1. The molecule has 0 aliphatic rings. The van der Waals surface area contributed by atoms with Crippen LogP contribution in [0.3, 0.4) is 0 Å². The Hall–Kier alpha value is -3.13. The van der Waals surface area contributed by atoms with Gasteiger partial charge in [0, 0.05) is 30.3 Å². The number of rotatable bonds is 8. The lowest BCUT2D eigenvalue weighted by atomic mass is 10.1. The molecule has 0 unspecified atom stereocenters. The van der Waals surface area contributed by atoms with Crippen LogP contribution in [0.25, 0.3) is 0 Å². The van der Waals surface area contributed by atoms with Crippen molar-refractivity contribution >= 4 is 27.5 Å². The number of methoxy groups -OCH3 is 2. The number of pyridine rings is 1. The summed E-state index contributed by atoms with van der Waals surface area (Å²) in [5.74, 6) is 0.586. The molecule has 156 valence electrons. The van der Waals surface area contributed by atoms with Gasteiger partial charge in [-0.05, 0) is 46.3 Å². The average Bonchev–Trinajstić information content (AvgIpc) is 2.77. The Morgan fingerprint density at radius 1 is 1.03 bits per heavy atom. The van der Waals surface area contributed by atoms with Crippen LogP contribution in [-0.2, 0) is 13.1 Å². The lowest BCUT2D eigenvalue weighted by Crippen LogP contribution is -2.25. The van der Waals surface area contributed by atoms with Gasteiger partial charge in [-0.15, -0.1) is 0 Å². The van der Waals surface area contributed by atoms with Crippen LogP contribution in [-0.4, -0.2) is 25.1 Å². The van der Waals surface area contributed by atoms with Crippen molar-refractivity contribution in [2.45, 2.75) is 13.1 Å². The number of nitrogens with zero attached hydrogens (tertiary/aromatic N) is 1. The minimum atomic E-state index is -0.370. The second-order valence-electron chi connectivity index (χ2n) is 6.34. The Morgan fingerprint density at radius 3 is 2.57 bits per heavy atom. The highest BCUT2D eigenvalue weighted by molar-refractivity contribution is 9.10. The molecule has 3 rings (SSSR count). The summed E-state index contributed by atoms with van der Waals surface area (Å²) in [6, 6.07) is 15.3. The fourth-order valence-corrected chi connectivity index (χ4v) is 3.15. The highest BCUT2D eigenvalue weighted by Gasteiger charge is 2.15. The van der Waals surface area contributed by atoms with Gasteiger partial charge >= 0.3 is 0 Å². The first-order valence-corrected chi connectivity index (χ1v) is 9.94. The van der Waals surface area contributed by atoms with Crippen molar-refractivity contribution in [3.05, 3.63) is 81.8 Å². The van der Waals surface area contributed by atoms with Crippen LogP contribution in [0, 0.1) is 5.82 Å². The van der Waals surface area contributed by atoms with E-state index in [0.29, 0.717) is 27.4 Å². The van der Waals surface area contributed by atoms with Crippen molar-refractivity contribution in [3.8, 4) is 11.5 Å². The van der Waals surface area contributed by atoms with Gasteiger partial charge in [-0.25, -0.2) is 9.37 Å². The molecule has 30 heavy (non-hydrogen) atoms. The van der Waals surface area contributed by atoms with E-state index in [1.54, 1.807) is 56.7 Å². The Kier molecular flexibility index (Phi) is 7.24. The molecule has 0 fully saturated rings. The molecule has 2 aromatic carbocycles. The van der Waals surface area contributed by atoms with Crippen molar-refractivity contribution in [3.63, 3.8) is 0 Å². The van der Waals surface area contributed by atoms with Gasteiger partial charge in [-0.2, -0.15) is 0 Å². The van der Waals surface area contributed by atoms with Crippen molar-refractivity contribution < 1.29 is 18.7 Å². The van der Waals surface area contributed by atoms with E-state index < -0.39 is 0 Å². The van der Waals surface area contributed by atoms with Crippen LogP contribution in [0.1, 0.15) is 21.6 Å². The fourth-order valence-electron chi connectivity index (χ4n) is 2.84. The Morgan fingerprint density at radius 2 is 1.83 bits per heavy atom. The Bertz CT molecular complexity index is 1050. The van der Waals surface area contributed by atoms with E-state index in [1.165, 1.54) is 6.07 Å². The largest absolute Gasteiger partial charge is 0.497 e. The van der Waals surface area contributed by atoms with Gasteiger partial charge in [0.15, 0.2) is 5.69 Å². The highest BCUT2D eigenvalue weighted by Crippen LogP contribution is 2.25. The van der Waals surface area contributed by atoms with Crippen LogP contribution >= 0.6 is 15.9 Å². The number of carbonyl (C=O) groups excluding carboxylic acids is 1. The number of halogens is 2. The number of hydrogen-bond donors (Lipinski definition) is 2. The number of benzene rings is 2. The van der Waals surface area contributed by atoms with Crippen molar-refractivity contribution in [2.75, 3.05) is 19.5 Å². The quantitative estimate of drug-likeness (QED) is 0.469. The maximum Gasteiger partial charge on any atom is 0.272 e. The topological polar surface area (TPSA) is 72.5 Å². The second kappa shape index (κ2) is 10.1. The summed E-state index contributed by atoms with van der Waals surface area (Å²) in [6.07, 6.45) is 0. The summed E-state index contributed by atoms with van der Waals surface area (Å²) in [4.78, 5) is 17.1. The molecule has 0 aliphatic heterocycles. The standard InChI is InChI=1S/C22H21BrFN3O3/c1-29-16-8-7-15(19(11-16)30-2)13-26-22(28)21-18(9-10-20(23)27-21)25-12-14-5-3-4-6-17(14)24/h3-11,25H,12-13H2,1-2H3,(H,26,28). The molecular formula is C22H21BrFN3O3. The first-order valence-electron chi connectivity index (χ1n) is 9.14. The number of aromatic nitrogens is 1. The van der Waals surface area contributed by atoms with E-state index in [0.717, 1.165) is 5.56 Å². The zero-order valence-corrected chi connectivity index (χ0v) is 18.1. The van der Waals surface area contributed by atoms with E-state index in [2.05, 4.69) is 31.5 Å². The van der Waals surface area contributed by atoms with Crippen LogP contribution in [0.5, 0.6) is 11.5 Å². The Labute approximate surface area is 182 Å². The monoisotopic (exact) mass is 473 g/mol. The zero-order valence-electron chi connectivity index (χ0n) is 16.5. The lowest BCUT2D eigenvalue weighted by Gasteiger charge is -2.14. The second-order valence-corrected chi connectivity index (χ2v) is 7.15. The molecule has 0 spiro atoms. The van der Waals surface area contributed by atoms with Crippen LogP contribution < -0.4 is 20.1 Å². The number of hydrogen-bond acceptors (Lipinski definition) is 5. The zero-order chi connectivity index (χ0) is 21.5. The van der Waals surface area contributed by atoms with Crippen molar-refractivity contribution in [1.82, 2.24) is 10.3 Å². The number of carbonyl (C=O) groups is 1. The molecule has 2 N–H and O–H groups in total. The predicted molar refractivity (Wildman–Crippen MR) is 116 cm³/mol. The minimum Gasteiger partial charge on any atom is -0.497 e. The number of amides is 1. The van der Waals surface area contributed by atoms with Gasteiger partial charge in [0.25, 0.3) is 5.91 Å². The van der Waals surface area contributed by atoms with Crippen LogP contribution in [0.15, 0.2) is 59.2 Å². The van der Waals surface area contributed by atoms with E-state index >= 15 is 0 Å². The normalized spacial score (nSPS) is 10.4. The molecule has 1 aromatic heterocycles. The summed E-state index contributed by atoms with van der Waals surface area (Å²) >= 11 is 3.29. The third-order valence-corrected chi connectivity index (χ3v) is 4.88. The van der Waals surface area contributed by atoms with Gasteiger partial charge in [0.2, 0.25) is 0 Å². The first kappa shape index (κ1) is 21.6. The summed E-state index contributed by atoms with van der Waals surface area (Å²) in [5.41, 5.74) is 1.99. The number of ether oxygens (including phenoxy) is 2. The Balaban J connectivity index is 1.74. The molecule has 8 heteroatoms. The van der Waals surface area contributed by atoms with E-state index in [9.17, 15) is 9.18 Å². The van der Waals surface area contributed by atoms with Gasteiger partial charge in [0.1, 0.15) is 21.9 Å². The molecule has 0 saturated heterocycles. The predicted octanol–water partition coefficient (Wildman–Crippen LogP) is 4.54. The maximum absolute atomic E-state index is 13.9. The van der Waals surface area contributed by atoms with Crippen LogP contribution in [0.4, 0.5) is 10.1 Å². The summed E-state index contributed by atoms with van der Waals surface area (Å²) in [6.45, 7) is 0.468. The SMILES string of the molecule is COc1ccc(CNC(=O)c2nc(Br)ccc2NCc2ccccc2F)c(OC)c1. The maximum atomic E-state index is 13.9. The molecule has 0 radical (unpaired) electrons. The summed E-state index contributed by atoms with van der Waals surface area (Å²) in [7, 11) is 3.13. The van der Waals surface area contributed by atoms with Gasteiger partial charge in [-0.3, -0.25) is 4.79 Å². The lowest BCUT2D eigenvalue weighted by molar-refractivity contribution is 0.0946. The summed E-state index contributed by atoms with van der Waals surface area (Å²) in [5, 5.41) is 5.94. The third kappa shape index (κ3) is 5.27. The van der Waals surface area contributed by atoms with Gasteiger partial charge in [0.05, 0.1) is 19.9 Å². The smallest absolute Gasteiger partial charge is 0.272 e. The van der Waals surface area contributed by atoms with E-state index in [1.807, 2.05) is 6.07 Å². The molecule has 0 saturated carbocycles. The molecule has 3 aromatic rings. The molecular weight excluding hydrogens is 453 g/mol. The molecule has 0 bridgehead atoms. The first-order chi connectivity index (χ1) is 14.5. The molecule has 1 amide bonds. The molecule has 0 aliphatic carbocycles. The average molecular weight is 474 g/mol. The van der Waals surface area contributed by atoms with Crippen LogP contribution in [0.2, 0.25) is 0 Å². The van der Waals surface area contributed by atoms with E-state index in [4.69, 9.17) is 9.47 Å². The molecule has 0 atom stereocenters. The minimum absolute atomic E-state index is 0.202.